The third kappa shape index (κ3) is 3.28. The van der Waals surface area contributed by atoms with E-state index in [1.165, 1.54) is 4.83 Å². The second kappa shape index (κ2) is 4.85. The van der Waals surface area contributed by atoms with Crippen molar-refractivity contribution in [2.24, 2.45) is 5.73 Å². The first-order valence-corrected chi connectivity index (χ1v) is 5.85. The summed E-state index contributed by atoms with van der Waals surface area (Å²) < 4.78 is 61.6. The second-order valence-corrected chi connectivity index (χ2v) is 4.85. The van der Waals surface area contributed by atoms with Gasteiger partial charge in [0.05, 0.1) is 0 Å². The Hall–Kier alpha value is -1.39. The Morgan fingerprint density at radius 1 is 1.24 bits per heavy atom. The molecule has 0 amide bonds. The van der Waals surface area contributed by atoms with Crippen LogP contribution >= 0.6 is 12.2 Å². The maximum atomic E-state index is 13.1. The number of nitrogens with two attached hydrogens (primary N) is 1. The van der Waals surface area contributed by atoms with Gasteiger partial charge in [0, 0.05) is 12.1 Å². The molecule has 1 rings (SSSR count). The minimum atomic E-state index is -4.58. The second-order valence-electron chi connectivity index (χ2n) is 2.79. The van der Waals surface area contributed by atoms with Crippen molar-refractivity contribution in [3.05, 3.63) is 29.6 Å². The summed E-state index contributed by atoms with van der Waals surface area (Å²) in [5.74, 6) is -4.37. The quantitative estimate of drug-likeness (QED) is 0.543. The van der Waals surface area contributed by atoms with Crippen LogP contribution < -0.4 is 16.0 Å². The predicted octanol–water partition coefficient (Wildman–Crippen LogP) is 0.130. The molecular formula is C7H6F3N3O2S2. The molecule has 0 aliphatic carbocycles. The van der Waals surface area contributed by atoms with Gasteiger partial charge in [0.2, 0.25) is 0 Å². The largest absolute Gasteiger partial charge is 0.375 e. The van der Waals surface area contributed by atoms with Gasteiger partial charge in [0.25, 0.3) is 10.0 Å². The van der Waals surface area contributed by atoms with E-state index in [9.17, 15) is 21.6 Å². The lowest BCUT2D eigenvalue weighted by molar-refractivity contribution is 0.493. The van der Waals surface area contributed by atoms with Crippen LogP contribution in [0.3, 0.4) is 0 Å². The Balaban J connectivity index is 3.20. The molecule has 0 saturated carbocycles. The van der Waals surface area contributed by atoms with Crippen molar-refractivity contribution in [3.63, 3.8) is 0 Å². The number of hydrogen-bond donors (Lipinski definition) is 3. The van der Waals surface area contributed by atoms with E-state index in [0.717, 1.165) is 0 Å². The highest BCUT2D eigenvalue weighted by Crippen LogP contribution is 2.19. The van der Waals surface area contributed by atoms with Crippen molar-refractivity contribution in [2.45, 2.75) is 4.90 Å². The van der Waals surface area contributed by atoms with Crippen LogP contribution in [0.25, 0.3) is 0 Å². The molecule has 0 spiro atoms. The van der Waals surface area contributed by atoms with Crippen LogP contribution in [0.4, 0.5) is 13.2 Å². The maximum Gasteiger partial charge on any atom is 0.263 e. The molecule has 4 N–H and O–H groups in total. The smallest absolute Gasteiger partial charge is 0.263 e. The number of rotatable bonds is 3. The molecule has 0 radical (unpaired) electrons. The zero-order valence-corrected chi connectivity index (χ0v) is 9.63. The average Bonchev–Trinajstić information content (AvgIpc) is 2.12. The van der Waals surface area contributed by atoms with E-state index in [4.69, 9.17) is 5.73 Å². The fraction of sp³-hybridized carbons (Fsp3) is 0. The summed E-state index contributed by atoms with van der Waals surface area (Å²) in [4.78, 5) is 0.199. The van der Waals surface area contributed by atoms with E-state index in [1.54, 1.807) is 5.43 Å². The Bertz CT molecular complexity index is 538. The number of hydrazine groups is 1. The molecular weight excluding hydrogens is 279 g/mol. The first-order chi connectivity index (χ1) is 7.74. The van der Waals surface area contributed by atoms with Crippen molar-refractivity contribution in [1.82, 2.24) is 10.3 Å². The van der Waals surface area contributed by atoms with Crippen molar-refractivity contribution >= 4 is 27.4 Å². The number of benzene rings is 1. The lowest BCUT2D eigenvalue weighted by atomic mass is 10.3. The molecule has 1 aromatic rings. The normalized spacial score (nSPS) is 11.2. The SMILES string of the molecule is NC(=S)NNS(=O)(=O)c1c(F)cc(F)cc1F. The zero-order valence-electron chi connectivity index (χ0n) is 8.00. The summed E-state index contributed by atoms with van der Waals surface area (Å²) in [6, 6.07) is 0.469. The highest BCUT2D eigenvalue weighted by atomic mass is 32.2. The first-order valence-electron chi connectivity index (χ1n) is 3.96. The minimum Gasteiger partial charge on any atom is -0.375 e. The zero-order chi connectivity index (χ0) is 13.2. The minimum absolute atomic E-state index is 0.235. The van der Waals surface area contributed by atoms with Gasteiger partial charge >= 0.3 is 0 Å². The molecule has 1 aromatic carbocycles. The molecule has 0 aromatic heterocycles. The van der Waals surface area contributed by atoms with Gasteiger partial charge in [0.1, 0.15) is 17.5 Å². The van der Waals surface area contributed by atoms with Gasteiger partial charge in [-0.25, -0.2) is 21.6 Å². The summed E-state index contributed by atoms with van der Waals surface area (Å²) in [6.45, 7) is 0. The van der Waals surface area contributed by atoms with Crippen LogP contribution in [0.5, 0.6) is 0 Å². The van der Waals surface area contributed by atoms with Gasteiger partial charge in [0.15, 0.2) is 10.0 Å². The molecule has 0 aliphatic rings. The van der Waals surface area contributed by atoms with E-state index in [2.05, 4.69) is 12.2 Å². The van der Waals surface area contributed by atoms with Gasteiger partial charge in [-0.3, -0.25) is 5.43 Å². The fourth-order valence-corrected chi connectivity index (χ4v) is 2.05. The molecule has 0 aliphatic heterocycles. The Morgan fingerprint density at radius 2 is 1.71 bits per heavy atom. The number of hydrogen-bond acceptors (Lipinski definition) is 3. The number of nitrogens with one attached hydrogen (secondary N) is 2. The van der Waals surface area contributed by atoms with Gasteiger partial charge in [-0.15, -0.1) is 4.83 Å². The number of halogens is 3. The van der Waals surface area contributed by atoms with E-state index in [1.807, 2.05) is 0 Å². The lowest BCUT2D eigenvalue weighted by Crippen LogP contribution is -2.44. The molecule has 10 heteroatoms. The van der Waals surface area contributed by atoms with E-state index >= 15 is 0 Å². The molecule has 5 nitrogen and oxygen atoms in total. The highest BCUT2D eigenvalue weighted by molar-refractivity contribution is 7.89. The fourth-order valence-electron chi connectivity index (χ4n) is 0.954. The van der Waals surface area contributed by atoms with Crippen LogP contribution in [0.1, 0.15) is 0 Å². The van der Waals surface area contributed by atoms with Crippen molar-refractivity contribution in [2.75, 3.05) is 0 Å². The summed E-state index contributed by atoms with van der Waals surface area (Å²) in [5, 5.41) is -0.448. The van der Waals surface area contributed by atoms with Crippen molar-refractivity contribution in [3.8, 4) is 0 Å². The number of thiocarbonyl (C=S) groups is 1. The summed E-state index contributed by atoms with van der Waals surface area (Å²) >= 11 is 4.29. The Kier molecular flexibility index (Phi) is 3.91. The molecule has 0 heterocycles. The topological polar surface area (TPSA) is 84.2 Å². The van der Waals surface area contributed by atoms with E-state index in [0.29, 0.717) is 0 Å². The monoisotopic (exact) mass is 285 g/mol. The van der Waals surface area contributed by atoms with Gasteiger partial charge in [-0.1, -0.05) is 0 Å². The summed E-state index contributed by atoms with van der Waals surface area (Å²) in [5.41, 5.74) is 6.72. The molecule has 0 bridgehead atoms. The van der Waals surface area contributed by atoms with Gasteiger partial charge in [-0.2, -0.15) is 0 Å². The third-order valence-corrected chi connectivity index (χ3v) is 2.94. The van der Waals surface area contributed by atoms with Crippen LogP contribution in [-0.4, -0.2) is 13.5 Å². The van der Waals surface area contributed by atoms with E-state index < -0.39 is 37.5 Å². The molecule has 0 atom stereocenters. The van der Waals surface area contributed by atoms with Crippen molar-refractivity contribution < 1.29 is 21.6 Å². The maximum absolute atomic E-state index is 13.1. The van der Waals surface area contributed by atoms with E-state index in [-0.39, 0.29) is 12.1 Å². The third-order valence-electron chi connectivity index (χ3n) is 1.54. The molecule has 0 unspecified atom stereocenters. The standard InChI is InChI=1S/C7H6F3N3O2S2/c8-3-1-4(9)6(5(10)2-3)17(14,15)13-12-7(11)16/h1-2,13H,(H3,11,12,16). The highest BCUT2D eigenvalue weighted by Gasteiger charge is 2.25. The van der Waals surface area contributed by atoms with Crippen LogP contribution in [0, 0.1) is 17.5 Å². The molecule has 0 fully saturated rings. The Morgan fingerprint density at radius 3 is 2.12 bits per heavy atom. The number of sulfonamides is 1. The van der Waals surface area contributed by atoms with Crippen LogP contribution in [0.15, 0.2) is 17.0 Å². The average molecular weight is 285 g/mol. The molecule has 0 saturated heterocycles. The van der Waals surface area contributed by atoms with Gasteiger partial charge in [-0.05, 0) is 12.2 Å². The molecule has 94 valence electrons. The summed E-state index contributed by atoms with van der Waals surface area (Å²) in [6.07, 6.45) is 0. The first kappa shape index (κ1) is 13.7. The van der Waals surface area contributed by atoms with Gasteiger partial charge < -0.3 is 5.73 Å². The van der Waals surface area contributed by atoms with Crippen molar-refractivity contribution in [1.29, 1.82) is 0 Å². The molecule has 17 heavy (non-hydrogen) atoms. The lowest BCUT2D eigenvalue weighted by Gasteiger charge is -2.09. The van der Waals surface area contributed by atoms with Crippen LogP contribution in [-0.2, 0) is 10.0 Å². The summed E-state index contributed by atoms with van der Waals surface area (Å²) in [7, 11) is -4.58. The van der Waals surface area contributed by atoms with Crippen LogP contribution in [0.2, 0.25) is 0 Å². The Labute approximate surface area is 99.8 Å². The predicted molar refractivity (Wildman–Crippen MR) is 56.6 cm³/mol.